The third-order valence-corrected chi connectivity index (χ3v) is 3.02. The molecular weight excluding hydrogens is 236 g/mol. The predicted octanol–water partition coefficient (Wildman–Crippen LogP) is 2.42. The molecule has 0 aliphatic rings. The minimum absolute atomic E-state index is 0.0131. The van der Waals surface area contributed by atoms with Gasteiger partial charge in [0.1, 0.15) is 0 Å². The lowest BCUT2D eigenvalue weighted by molar-refractivity contribution is 0.0785. The van der Waals surface area contributed by atoms with Gasteiger partial charge in [-0.25, -0.2) is 0 Å². The van der Waals surface area contributed by atoms with Crippen LogP contribution in [0.4, 0.5) is 0 Å². The monoisotopic (exact) mass is 254 g/mol. The lowest BCUT2D eigenvalue weighted by Crippen LogP contribution is -2.26. The molecule has 0 saturated carbocycles. The highest BCUT2D eigenvalue weighted by atomic mass is 16.2. The van der Waals surface area contributed by atoms with Crippen molar-refractivity contribution in [1.82, 2.24) is 4.90 Å². The van der Waals surface area contributed by atoms with Crippen LogP contribution in [0.25, 0.3) is 0 Å². The number of nitrogens with zero attached hydrogens (tertiary/aromatic N) is 1. The Hall–Kier alpha value is -2.13. The van der Waals surface area contributed by atoms with Gasteiger partial charge >= 0.3 is 0 Å². The standard InChI is InChI=1S/C16H18N2O/c1-18(12-13-6-3-2-4-7-13)16(19)15-9-5-8-14(10-15)11-17/h2-10H,11-12,17H2,1H3. The van der Waals surface area contributed by atoms with Crippen LogP contribution >= 0.6 is 0 Å². The van der Waals surface area contributed by atoms with E-state index in [1.54, 1.807) is 4.90 Å². The minimum atomic E-state index is 0.0131. The van der Waals surface area contributed by atoms with E-state index in [2.05, 4.69) is 0 Å². The van der Waals surface area contributed by atoms with Crippen molar-refractivity contribution in [2.75, 3.05) is 7.05 Å². The molecule has 1 amide bonds. The quantitative estimate of drug-likeness (QED) is 0.910. The zero-order chi connectivity index (χ0) is 13.7. The van der Waals surface area contributed by atoms with Gasteiger partial charge in [0, 0.05) is 25.7 Å². The van der Waals surface area contributed by atoms with Crippen molar-refractivity contribution in [1.29, 1.82) is 0 Å². The summed E-state index contributed by atoms with van der Waals surface area (Å²) in [6, 6.07) is 17.4. The fourth-order valence-electron chi connectivity index (χ4n) is 1.98. The fourth-order valence-corrected chi connectivity index (χ4v) is 1.98. The van der Waals surface area contributed by atoms with Crippen LogP contribution in [0.1, 0.15) is 21.5 Å². The van der Waals surface area contributed by atoms with E-state index in [4.69, 9.17) is 5.73 Å². The molecule has 0 bridgehead atoms. The summed E-state index contributed by atoms with van der Waals surface area (Å²) in [5.74, 6) is 0.0131. The van der Waals surface area contributed by atoms with Crippen molar-refractivity contribution in [3.8, 4) is 0 Å². The van der Waals surface area contributed by atoms with Crippen molar-refractivity contribution < 1.29 is 4.79 Å². The predicted molar refractivity (Wildman–Crippen MR) is 76.6 cm³/mol. The highest BCUT2D eigenvalue weighted by molar-refractivity contribution is 5.94. The van der Waals surface area contributed by atoms with Gasteiger partial charge in [-0.3, -0.25) is 4.79 Å². The van der Waals surface area contributed by atoms with Crippen LogP contribution in [-0.4, -0.2) is 17.9 Å². The maximum atomic E-state index is 12.3. The molecule has 3 heteroatoms. The molecule has 0 aliphatic heterocycles. The number of benzene rings is 2. The molecule has 2 rings (SSSR count). The van der Waals surface area contributed by atoms with Crippen LogP contribution in [0.5, 0.6) is 0 Å². The Morgan fingerprint density at radius 3 is 2.42 bits per heavy atom. The van der Waals surface area contributed by atoms with Crippen LogP contribution in [0, 0.1) is 0 Å². The molecule has 98 valence electrons. The van der Waals surface area contributed by atoms with Gasteiger partial charge in [-0.15, -0.1) is 0 Å². The van der Waals surface area contributed by atoms with Crippen molar-refractivity contribution in [3.63, 3.8) is 0 Å². The van der Waals surface area contributed by atoms with Crippen molar-refractivity contribution in [2.45, 2.75) is 13.1 Å². The van der Waals surface area contributed by atoms with Gasteiger partial charge in [-0.05, 0) is 23.3 Å². The molecule has 0 spiro atoms. The molecular formula is C16H18N2O. The second-order valence-electron chi connectivity index (χ2n) is 4.55. The van der Waals surface area contributed by atoms with Gasteiger partial charge in [0.05, 0.1) is 0 Å². The maximum absolute atomic E-state index is 12.3. The van der Waals surface area contributed by atoms with E-state index >= 15 is 0 Å². The van der Waals surface area contributed by atoms with E-state index < -0.39 is 0 Å². The molecule has 0 aliphatic carbocycles. The first-order chi connectivity index (χ1) is 9.20. The molecule has 0 heterocycles. The molecule has 0 radical (unpaired) electrons. The van der Waals surface area contributed by atoms with Crippen molar-refractivity contribution in [2.24, 2.45) is 5.73 Å². The Morgan fingerprint density at radius 1 is 1.05 bits per heavy atom. The van der Waals surface area contributed by atoms with Gasteiger partial charge in [0.2, 0.25) is 0 Å². The SMILES string of the molecule is CN(Cc1ccccc1)C(=O)c1cccc(CN)c1. The molecule has 0 fully saturated rings. The number of hydrogen-bond acceptors (Lipinski definition) is 2. The summed E-state index contributed by atoms with van der Waals surface area (Å²) in [5, 5.41) is 0. The van der Waals surface area contributed by atoms with Gasteiger partial charge in [0.25, 0.3) is 5.91 Å². The lowest BCUT2D eigenvalue weighted by Gasteiger charge is -2.17. The molecule has 3 nitrogen and oxygen atoms in total. The average Bonchev–Trinajstić information content (AvgIpc) is 2.47. The molecule has 0 saturated heterocycles. The molecule has 0 unspecified atom stereocenters. The van der Waals surface area contributed by atoms with Crippen LogP contribution in [0.3, 0.4) is 0 Å². The Kier molecular flexibility index (Phi) is 4.31. The average molecular weight is 254 g/mol. The third kappa shape index (κ3) is 3.42. The number of rotatable bonds is 4. The number of hydrogen-bond donors (Lipinski definition) is 1. The van der Waals surface area contributed by atoms with E-state index in [1.807, 2.05) is 61.6 Å². The Balaban J connectivity index is 2.10. The zero-order valence-corrected chi connectivity index (χ0v) is 11.0. The van der Waals surface area contributed by atoms with Crippen LogP contribution in [0.2, 0.25) is 0 Å². The van der Waals surface area contributed by atoms with Crippen molar-refractivity contribution in [3.05, 3.63) is 71.3 Å². The summed E-state index contributed by atoms with van der Waals surface area (Å²) in [6.45, 7) is 1.05. The first kappa shape index (κ1) is 13.3. The Labute approximate surface area is 113 Å². The summed E-state index contributed by atoms with van der Waals surface area (Å²) >= 11 is 0. The van der Waals surface area contributed by atoms with Gasteiger partial charge in [-0.1, -0.05) is 42.5 Å². The second-order valence-corrected chi connectivity index (χ2v) is 4.55. The summed E-state index contributed by atoms with van der Waals surface area (Å²) in [6.07, 6.45) is 0. The summed E-state index contributed by atoms with van der Waals surface area (Å²) in [4.78, 5) is 14.0. The molecule has 2 aromatic carbocycles. The van der Waals surface area contributed by atoms with E-state index in [0.29, 0.717) is 18.7 Å². The first-order valence-electron chi connectivity index (χ1n) is 6.29. The maximum Gasteiger partial charge on any atom is 0.253 e. The summed E-state index contributed by atoms with van der Waals surface area (Å²) < 4.78 is 0. The van der Waals surface area contributed by atoms with Crippen molar-refractivity contribution >= 4 is 5.91 Å². The second kappa shape index (κ2) is 6.16. The normalized spacial score (nSPS) is 10.2. The smallest absolute Gasteiger partial charge is 0.253 e. The number of carbonyl (C=O) groups excluding carboxylic acids is 1. The zero-order valence-electron chi connectivity index (χ0n) is 11.0. The van der Waals surface area contributed by atoms with E-state index in [-0.39, 0.29) is 5.91 Å². The minimum Gasteiger partial charge on any atom is -0.337 e. The summed E-state index contributed by atoms with van der Waals surface area (Å²) in [5.41, 5.74) is 8.37. The molecule has 19 heavy (non-hydrogen) atoms. The van der Waals surface area contributed by atoms with Gasteiger partial charge in [-0.2, -0.15) is 0 Å². The number of carbonyl (C=O) groups is 1. The largest absolute Gasteiger partial charge is 0.337 e. The topological polar surface area (TPSA) is 46.3 Å². The van der Waals surface area contributed by atoms with E-state index in [0.717, 1.165) is 11.1 Å². The molecule has 2 N–H and O–H groups in total. The molecule has 2 aromatic rings. The highest BCUT2D eigenvalue weighted by Gasteiger charge is 2.12. The number of nitrogens with two attached hydrogens (primary N) is 1. The van der Waals surface area contributed by atoms with Gasteiger partial charge in [0.15, 0.2) is 0 Å². The highest BCUT2D eigenvalue weighted by Crippen LogP contribution is 2.10. The van der Waals surface area contributed by atoms with Crippen LogP contribution in [-0.2, 0) is 13.1 Å². The lowest BCUT2D eigenvalue weighted by atomic mass is 10.1. The van der Waals surface area contributed by atoms with Crippen LogP contribution in [0.15, 0.2) is 54.6 Å². The fraction of sp³-hybridized carbons (Fsp3) is 0.188. The molecule has 0 aromatic heterocycles. The van der Waals surface area contributed by atoms with Gasteiger partial charge < -0.3 is 10.6 Å². The summed E-state index contributed by atoms with van der Waals surface area (Å²) in [7, 11) is 1.81. The first-order valence-corrected chi connectivity index (χ1v) is 6.29. The van der Waals surface area contributed by atoms with Crippen LogP contribution < -0.4 is 5.73 Å². The third-order valence-electron chi connectivity index (χ3n) is 3.02. The Morgan fingerprint density at radius 2 is 1.74 bits per heavy atom. The number of amides is 1. The molecule has 0 atom stereocenters. The van der Waals surface area contributed by atoms with E-state index in [1.165, 1.54) is 0 Å². The van der Waals surface area contributed by atoms with E-state index in [9.17, 15) is 4.79 Å². The Bertz CT molecular complexity index is 552.